The van der Waals surface area contributed by atoms with Gasteiger partial charge in [-0.05, 0) is 32.4 Å². The lowest BCUT2D eigenvalue weighted by atomic mass is 10.2. The molecule has 2 N–H and O–H groups in total. The number of anilines is 1. The largest absolute Gasteiger partial charge is 0.367 e. The van der Waals surface area contributed by atoms with E-state index in [1.54, 1.807) is 11.3 Å². The molecule has 148 valence electrons. The molecule has 1 unspecified atom stereocenters. The molecule has 1 saturated heterocycles. The van der Waals surface area contributed by atoms with Crippen molar-refractivity contribution in [3.8, 4) is 0 Å². The average Bonchev–Trinajstić information content (AvgIpc) is 3.22. The van der Waals surface area contributed by atoms with Crippen molar-refractivity contribution in [1.82, 2.24) is 15.6 Å². The average molecular weight is 507 g/mol. The Labute approximate surface area is 179 Å². The summed E-state index contributed by atoms with van der Waals surface area (Å²) in [6.07, 6.45) is 0.862. The van der Waals surface area contributed by atoms with Crippen molar-refractivity contribution in [1.29, 1.82) is 0 Å². The van der Waals surface area contributed by atoms with Gasteiger partial charge in [-0.25, -0.2) is 18.8 Å². The van der Waals surface area contributed by atoms with E-state index >= 15 is 0 Å². The number of hydrogen-bond acceptors (Lipinski definition) is 4. The van der Waals surface area contributed by atoms with E-state index < -0.39 is 11.6 Å². The molecule has 0 radical (unpaired) electrons. The molecule has 0 spiro atoms. The summed E-state index contributed by atoms with van der Waals surface area (Å²) in [5.41, 5.74) is 3.28. The second kappa shape index (κ2) is 10.2. The second-order valence-electron chi connectivity index (χ2n) is 6.23. The molecule has 2 heterocycles. The molecule has 27 heavy (non-hydrogen) atoms. The standard InChI is InChI=1S/C18H23F2N5S.HI/c1-3-21-18(22-9-17-12(2)23-11-26-17)24-14-6-7-25(10-14)16-5-4-13(19)8-15(16)20;/h4-5,8,11,14H,3,6-7,9-10H2,1-2H3,(H2,21,22,24);1H. The minimum absolute atomic E-state index is 0. The van der Waals surface area contributed by atoms with Crippen LogP contribution in [0.5, 0.6) is 0 Å². The van der Waals surface area contributed by atoms with Crippen LogP contribution in [0, 0.1) is 18.6 Å². The fourth-order valence-electron chi connectivity index (χ4n) is 2.98. The highest BCUT2D eigenvalue weighted by Crippen LogP contribution is 2.24. The smallest absolute Gasteiger partial charge is 0.191 e. The van der Waals surface area contributed by atoms with E-state index in [9.17, 15) is 8.78 Å². The summed E-state index contributed by atoms with van der Waals surface area (Å²) in [6, 6.07) is 3.87. The lowest BCUT2D eigenvalue weighted by Crippen LogP contribution is -2.44. The number of hydrogen-bond donors (Lipinski definition) is 2. The van der Waals surface area contributed by atoms with Crippen LogP contribution in [0.25, 0.3) is 0 Å². The third-order valence-corrected chi connectivity index (χ3v) is 5.27. The maximum absolute atomic E-state index is 14.0. The Morgan fingerprint density at radius 2 is 2.22 bits per heavy atom. The van der Waals surface area contributed by atoms with Crippen molar-refractivity contribution < 1.29 is 8.78 Å². The molecule has 1 aromatic heterocycles. The van der Waals surface area contributed by atoms with Crippen molar-refractivity contribution in [2.45, 2.75) is 32.9 Å². The predicted octanol–water partition coefficient (Wildman–Crippen LogP) is 3.68. The summed E-state index contributed by atoms with van der Waals surface area (Å²) in [6.45, 7) is 6.70. The van der Waals surface area contributed by atoms with Gasteiger partial charge in [-0.1, -0.05) is 0 Å². The van der Waals surface area contributed by atoms with Gasteiger partial charge >= 0.3 is 0 Å². The zero-order valence-electron chi connectivity index (χ0n) is 15.3. The van der Waals surface area contributed by atoms with E-state index in [2.05, 4.69) is 20.6 Å². The fourth-order valence-corrected chi connectivity index (χ4v) is 3.68. The van der Waals surface area contributed by atoms with E-state index in [0.717, 1.165) is 35.6 Å². The summed E-state index contributed by atoms with van der Waals surface area (Å²) in [4.78, 5) is 11.9. The first-order chi connectivity index (χ1) is 12.6. The zero-order valence-corrected chi connectivity index (χ0v) is 18.5. The quantitative estimate of drug-likeness (QED) is 0.369. The number of nitrogens with zero attached hydrogens (tertiary/aromatic N) is 3. The van der Waals surface area contributed by atoms with Crippen LogP contribution >= 0.6 is 35.3 Å². The maximum Gasteiger partial charge on any atom is 0.191 e. The fraction of sp³-hybridized carbons (Fsp3) is 0.444. The molecule has 1 aromatic carbocycles. The Hall–Kier alpha value is -1.49. The van der Waals surface area contributed by atoms with Gasteiger partial charge in [0.1, 0.15) is 11.6 Å². The van der Waals surface area contributed by atoms with Gasteiger partial charge in [-0.15, -0.1) is 35.3 Å². The van der Waals surface area contributed by atoms with Crippen LogP contribution < -0.4 is 15.5 Å². The van der Waals surface area contributed by atoms with E-state index in [1.165, 1.54) is 12.1 Å². The van der Waals surface area contributed by atoms with Crippen molar-refractivity contribution >= 4 is 47.0 Å². The monoisotopic (exact) mass is 507 g/mol. The van der Waals surface area contributed by atoms with Gasteiger partial charge in [0, 0.05) is 36.6 Å². The Bertz CT molecular complexity index is 783. The van der Waals surface area contributed by atoms with Gasteiger partial charge < -0.3 is 15.5 Å². The highest BCUT2D eigenvalue weighted by Gasteiger charge is 2.25. The Kier molecular flexibility index (Phi) is 8.21. The summed E-state index contributed by atoms with van der Waals surface area (Å²) in [5.74, 6) is -0.335. The van der Waals surface area contributed by atoms with Gasteiger partial charge in [0.2, 0.25) is 0 Å². The molecule has 0 bridgehead atoms. The van der Waals surface area contributed by atoms with Crippen molar-refractivity contribution in [3.05, 3.63) is 45.9 Å². The second-order valence-corrected chi connectivity index (χ2v) is 7.17. The molecule has 0 aliphatic carbocycles. The Morgan fingerprint density at radius 1 is 1.41 bits per heavy atom. The number of rotatable bonds is 5. The number of guanidine groups is 1. The van der Waals surface area contributed by atoms with Crippen molar-refractivity contribution in [3.63, 3.8) is 0 Å². The number of aryl methyl sites for hydroxylation is 1. The normalized spacial score (nSPS) is 17.0. The summed E-state index contributed by atoms with van der Waals surface area (Å²) in [5, 5.41) is 6.66. The van der Waals surface area contributed by atoms with E-state index in [1.807, 2.05) is 24.3 Å². The predicted molar refractivity (Wildman–Crippen MR) is 117 cm³/mol. The number of halogens is 3. The minimum atomic E-state index is -0.556. The molecule has 2 aromatic rings. The molecular formula is C18H24F2IN5S. The van der Waals surface area contributed by atoms with Gasteiger partial charge in [0.25, 0.3) is 0 Å². The molecule has 1 aliphatic heterocycles. The van der Waals surface area contributed by atoms with Crippen LogP contribution in [0.2, 0.25) is 0 Å². The van der Waals surface area contributed by atoms with Gasteiger partial charge in [0.05, 0.1) is 23.4 Å². The lowest BCUT2D eigenvalue weighted by Gasteiger charge is -2.21. The Balaban J connectivity index is 0.00000261. The van der Waals surface area contributed by atoms with Crippen LogP contribution in [-0.2, 0) is 6.54 Å². The number of aliphatic imine (C=N–C) groups is 1. The molecule has 1 aliphatic rings. The van der Waals surface area contributed by atoms with Crippen LogP contribution in [0.1, 0.15) is 23.9 Å². The first-order valence-corrected chi connectivity index (χ1v) is 9.58. The molecule has 0 saturated carbocycles. The van der Waals surface area contributed by atoms with E-state index in [0.29, 0.717) is 25.3 Å². The minimum Gasteiger partial charge on any atom is -0.367 e. The summed E-state index contributed by atoms with van der Waals surface area (Å²) >= 11 is 1.60. The van der Waals surface area contributed by atoms with E-state index in [4.69, 9.17) is 0 Å². The first-order valence-electron chi connectivity index (χ1n) is 8.70. The van der Waals surface area contributed by atoms with E-state index in [-0.39, 0.29) is 30.0 Å². The molecule has 9 heteroatoms. The highest BCUT2D eigenvalue weighted by atomic mass is 127. The first kappa shape index (κ1) is 21.8. The molecule has 5 nitrogen and oxygen atoms in total. The summed E-state index contributed by atoms with van der Waals surface area (Å²) in [7, 11) is 0. The maximum atomic E-state index is 14.0. The third kappa shape index (κ3) is 5.74. The number of nitrogens with one attached hydrogen (secondary N) is 2. The number of thiazole rings is 1. The van der Waals surface area contributed by atoms with Crippen molar-refractivity contribution in [2.24, 2.45) is 4.99 Å². The summed E-state index contributed by atoms with van der Waals surface area (Å²) < 4.78 is 27.1. The molecule has 3 rings (SSSR count). The van der Waals surface area contributed by atoms with Crippen LogP contribution in [0.4, 0.5) is 14.5 Å². The third-order valence-electron chi connectivity index (χ3n) is 4.35. The number of benzene rings is 1. The number of aromatic nitrogens is 1. The van der Waals surface area contributed by atoms with Gasteiger partial charge in [0.15, 0.2) is 5.96 Å². The van der Waals surface area contributed by atoms with Crippen LogP contribution in [0.15, 0.2) is 28.7 Å². The molecular weight excluding hydrogens is 483 g/mol. The molecule has 0 amide bonds. The van der Waals surface area contributed by atoms with Crippen molar-refractivity contribution in [2.75, 3.05) is 24.5 Å². The van der Waals surface area contributed by atoms with Gasteiger partial charge in [-0.2, -0.15) is 0 Å². The zero-order chi connectivity index (χ0) is 18.5. The van der Waals surface area contributed by atoms with Crippen LogP contribution in [0.3, 0.4) is 0 Å². The highest BCUT2D eigenvalue weighted by molar-refractivity contribution is 14.0. The molecule has 1 atom stereocenters. The van der Waals surface area contributed by atoms with Crippen LogP contribution in [-0.4, -0.2) is 36.6 Å². The lowest BCUT2D eigenvalue weighted by molar-refractivity contribution is 0.580. The molecule has 1 fully saturated rings. The Morgan fingerprint density at radius 3 is 2.89 bits per heavy atom. The van der Waals surface area contributed by atoms with Gasteiger partial charge in [-0.3, -0.25) is 0 Å². The SMILES string of the molecule is CCNC(=NCc1scnc1C)NC1CCN(c2ccc(F)cc2F)C1.I. The topological polar surface area (TPSA) is 52.6 Å².